The van der Waals surface area contributed by atoms with E-state index in [2.05, 4.69) is 0 Å². The van der Waals surface area contributed by atoms with E-state index in [9.17, 15) is 4.79 Å². The van der Waals surface area contributed by atoms with E-state index >= 15 is 0 Å². The Morgan fingerprint density at radius 3 is 2.42 bits per heavy atom. The lowest BCUT2D eigenvalue weighted by atomic mass is 9.74. The molecular formula is C20H21NO3. The van der Waals surface area contributed by atoms with Crippen molar-refractivity contribution in [1.82, 2.24) is 4.90 Å². The largest absolute Gasteiger partial charge is 0.491 e. The standard InChI is InChI=1S/C20H21NO3/c22-19(23-14-16-7-3-1-4-8-16)21-13-17-11-20(21,12-17)15-24-18-9-5-2-6-10-18/h1-10,17H,11-15H2. The van der Waals surface area contributed by atoms with Gasteiger partial charge in [0.25, 0.3) is 0 Å². The first-order valence-electron chi connectivity index (χ1n) is 8.41. The van der Waals surface area contributed by atoms with Crippen LogP contribution in [0, 0.1) is 5.92 Å². The summed E-state index contributed by atoms with van der Waals surface area (Å²) in [6, 6.07) is 19.5. The fourth-order valence-electron chi connectivity index (χ4n) is 3.81. The van der Waals surface area contributed by atoms with Gasteiger partial charge < -0.3 is 9.47 Å². The average molecular weight is 323 g/mol. The van der Waals surface area contributed by atoms with E-state index in [1.54, 1.807) is 0 Å². The van der Waals surface area contributed by atoms with Gasteiger partial charge >= 0.3 is 6.09 Å². The van der Waals surface area contributed by atoms with Crippen LogP contribution in [0.15, 0.2) is 60.7 Å². The molecule has 2 aliphatic heterocycles. The number of amides is 1. The van der Waals surface area contributed by atoms with Crippen LogP contribution in [-0.2, 0) is 11.3 Å². The number of carbonyl (C=O) groups is 1. The van der Waals surface area contributed by atoms with Crippen molar-refractivity contribution in [1.29, 1.82) is 0 Å². The summed E-state index contributed by atoms with van der Waals surface area (Å²) in [6.45, 7) is 1.64. The Morgan fingerprint density at radius 2 is 1.71 bits per heavy atom. The zero-order chi connectivity index (χ0) is 16.4. The maximum atomic E-state index is 12.5. The van der Waals surface area contributed by atoms with Gasteiger partial charge in [0, 0.05) is 6.54 Å². The Balaban J connectivity index is 1.36. The number of ether oxygens (including phenoxy) is 2. The van der Waals surface area contributed by atoms with Crippen LogP contribution in [0.2, 0.25) is 0 Å². The molecule has 124 valence electrons. The first-order chi connectivity index (χ1) is 11.8. The quantitative estimate of drug-likeness (QED) is 0.838. The average Bonchev–Trinajstić information content (AvgIpc) is 3.15. The number of nitrogens with zero attached hydrogens (tertiary/aromatic N) is 1. The molecule has 2 bridgehead atoms. The van der Waals surface area contributed by atoms with Crippen LogP contribution in [-0.4, -0.2) is 29.7 Å². The van der Waals surface area contributed by atoms with Crippen molar-refractivity contribution in [2.24, 2.45) is 5.92 Å². The Morgan fingerprint density at radius 1 is 1.04 bits per heavy atom. The van der Waals surface area contributed by atoms with Gasteiger partial charge in [0.05, 0.1) is 5.54 Å². The van der Waals surface area contributed by atoms with E-state index in [1.807, 2.05) is 65.6 Å². The number of rotatable bonds is 5. The normalized spacial score (nSPS) is 24.3. The highest BCUT2D eigenvalue weighted by Gasteiger charge is 2.59. The zero-order valence-corrected chi connectivity index (χ0v) is 13.6. The lowest BCUT2D eigenvalue weighted by Gasteiger charge is -2.41. The topological polar surface area (TPSA) is 38.8 Å². The third kappa shape index (κ3) is 2.84. The van der Waals surface area contributed by atoms with Crippen LogP contribution in [0.1, 0.15) is 18.4 Å². The highest BCUT2D eigenvalue weighted by molar-refractivity contribution is 5.70. The molecule has 0 atom stereocenters. The van der Waals surface area contributed by atoms with Crippen molar-refractivity contribution in [2.75, 3.05) is 13.2 Å². The molecule has 1 saturated carbocycles. The van der Waals surface area contributed by atoms with E-state index in [0.29, 0.717) is 19.1 Å². The molecule has 0 aromatic heterocycles. The molecule has 1 amide bonds. The van der Waals surface area contributed by atoms with Crippen LogP contribution in [0.5, 0.6) is 5.75 Å². The van der Waals surface area contributed by atoms with Crippen molar-refractivity contribution >= 4 is 6.09 Å². The molecule has 4 heteroatoms. The highest BCUT2D eigenvalue weighted by atomic mass is 16.6. The SMILES string of the molecule is O=C(OCc1ccccc1)N1CC2CC1(COc1ccccc1)C2. The predicted molar refractivity (Wildman–Crippen MR) is 90.7 cm³/mol. The maximum absolute atomic E-state index is 12.5. The van der Waals surface area contributed by atoms with E-state index in [-0.39, 0.29) is 11.6 Å². The third-order valence-corrected chi connectivity index (χ3v) is 5.03. The molecule has 3 aliphatic rings. The van der Waals surface area contributed by atoms with Gasteiger partial charge in [-0.3, -0.25) is 4.90 Å². The highest BCUT2D eigenvalue weighted by Crippen LogP contribution is 2.50. The van der Waals surface area contributed by atoms with Crippen LogP contribution in [0.3, 0.4) is 0 Å². The third-order valence-electron chi connectivity index (χ3n) is 5.03. The smallest absolute Gasteiger partial charge is 0.410 e. The van der Waals surface area contributed by atoms with Crippen LogP contribution < -0.4 is 4.74 Å². The number of carbonyl (C=O) groups excluding carboxylic acids is 1. The summed E-state index contributed by atoms with van der Waals surface area (Å²) in [4.78, 5) is 14.4. The predicted octanol–water partition coefficient (Wildman–Crippen LogP) is 3.87. The van der Waals surface area contributed by atoms with Gasteiger partial charge in [-0.25, -0.2) is 4.79 Å². The molecule has 0 N–H and O–H groups in total. The van der Waals surface area contributed by atoms with Crippen LogP contribution >= 0.6 is 0 Å². The lowest BCUT2D eigenvalue weighted by molar-refractivity contribution is 0.0309. The molecule has 5 rings (SSSR count). The second kappa shape index (κ2) is 6.19. The summed E-state index contributed by atoms with van der Waals surface area (Å²) in [5, 5.41) is 0. The molecule has 2 heterocycles. The summed E-state index contributed by atoms with van der Waals surface area (Å²) >= 11 is 0. The van der Waals surface area contributed by atoms with Crippen LogP contribution in [0.25, 0.3) is 0 Å². The Labute approximate surface area is 142 Å². The second-order valence-electron chi connectivity index (χ2n) is 6.75. The minimum Gasteiger partial charge on any atom is -0.491 e. The number of benzene rings is 2. The van der Waals surface area contributed by atoms with Crippen molar-refractivity contribution in [3.8, 4) is 5.75 Å². The number of hydrogen-bond acceptors (Lipinski definition) is 3. The van der Waals surface area contributed by atoms with Gasteiger partial charge in [0.15, 0.2) is 0 Å². The van der Waals surface area contributed by atoms with Gasteiger partial charge in [0.2, 0.25) is 0 Å². The van der Waals surface area contributed by atoms with Gasteiger partial charge in [-0.15, -0.1) is 0 Å². The molecular weight excluding hydrogens is 302 g/mol. The molecule has 24 heavy (non-hydrogen) atoms. The van der Waals surface area contributed by atoms with Crippen molar-refractivity contribution in [2.45, 2.75) is 25.0 Å². The maximum Gasteiger partial charge on any atom is 0.410 e. The minimum atomic E-state index is -0.226. The van der Waals surface area contributed by atoms with E-state index < -0.39 is 0 Å². The Kier molecular flexibility index (Phi) is 3.89. The minimum absolute atomic E-state index is 0.186. The molecule has 2 aromatic carbocycles. The van der Waals surface area contributed by atoms with E-state index in [0.717, 1.165) is 30.7 Å². The fourth-order valence-corrected chi connectivity index (χ4v) is 3.81. The van der Waals surface area contributed by atoms with Gasteiger partial charge in [-0.2, -0.15) is 0 Å². The number of fused-ring (bicyclic) bond motifs is 1. The van der Waals surface area contributed by atoms with E-state index in [4.69, 9.17) is 9.47 Å². The number of hydrogen-bond donors (Lipinski definition) is 0. The first kappa shape index (κ1) is 15.1. The molecule has 0 spiro atoms. The van der Waals surface area contributed by atoms with Crippen molar-refractivity contribution < 1.29 is 14.3 Å². The van der Waals surface area contributed by atoms with Gasteiger partial charge in [-0.05, 0) is 36.5 Å². The fraction of sp³-hybridized carbons (Fsp3) is 0.350. The second-order valence-corrected chi connectivity index (χ2v) is 6.75. The molecule has 3 fully saturated rings. The van der Waals surface area contributed by atoms with Crippen molar-refractivity contribution in [3.63, 3.8) is 0 Å². The molecule has 0 unspecified atom stereocenters. The Bertz CT molecular complexity index is 695. The lowest BCUT2D eigenvalue weighted by Crippen LogP contribution is -2.52. The van der Waals surface area contributed by atoms with E-state index in [1.165, 1.54) is 0 Å². The van der Waals surface area contributed by atoms with Gasteiger partial charge in [-0.1, -0.05) is 48.5 Å². The number of para-hydroxylation sites is 1. The summed E-state index contributed by atoms with van der Waals surface area (Å²) in [6.07, 6.45) is 1.80. The van der Waals surface area contributed by atoms with Gasteiger partial charge in [0.1, 0.15) is 19.0 Å². The first-order valence-corrected chi connectivity index (χ1v) is 8.41. The van der Waals surface area contributed by atoms with Crippen LogP contribution in [0.4, 0.5) is 4.79 Å². The molecule has 4 nitrogen and oxygen atoms in total. The molecule has 2 saturated heterocycles. The Hall–Kier alpha value is -2.49. The molecule has 1 aliphatic carbocycles. The monoisotopic (exact) mass is 323 g/mol. The van der Waals surface area contributed by atoms with Crippen molar-refractivity contribution in [3.05, 3.63) is 66.2 Å². The summed E-state index contributed by atoms with van der Waals surface area (Å²) < 4.78 is 11.4. The summed E-state index contributed by atoms with van der Waals surface area (Å²) in [7, 11) is 0. The molecule has 0 radical (unpaired) electrons. The summed E-state index contributed by atoms with van der Waals surface area (Å²) in [5.74, 6) is 1.44. The summed E-state index contributed by atoms with van der Waals surface area (Å²) in [5.41, 5.74) is 0.820. The molecule has 2 aromatic rings. The zero-order valence-electron chi connectivity index (χ0n) is 13.6.